The molecule has 4 aliphatic rings. The zero-order valence-electron chi connectivity index (χ0n) is 15.8. The lowest BCUT2D eigenvalue weighted by atomic mass is 9.49. The molecule has 8 nitrogen and oxygen atoms in total. The van der Waals surface area contributed by atoms with Gasteiger partial charge in [-0.15, -0.1) is 10.2 Å². The first-order valence-corrected chi connectivity index (χ1v) is 9.76. The second kappa shape index (κ2) is 6.02. The molecule has 0 N–H and O–H groups in total. The van der Waals surface area contributed by atoms with Crippen molar-refractivity contribution in [1.29, 1.82) is 0 Å². The van der Waals surface area contributed by atoms with Gasteiger partial charge in [-0.05, 0) is 63.2 Å². The highest BCUT2D eigenvalue weighted by atomic mass is 19.4. The highest BCUT2D eigenvalue weighted by molar-refractivity contribution is 5.42. The van der Waals surface area contributed by atoms with Crippen LogP contribution >= 0.6 is 0 Å². The molecular weight excluding hydrogens is 391 g/mol. The summed E-state index contributed by atoms with van der Waals surface area (Å²) in [7, 11) is 0. The third-order valence-corrected chi connectivity index (χ3v) is 6.87. The van der Waals surface area contributed by atoms with E-state index in [2.05, 4.69) is 15.3 Å². The molecule has 0 unspecified atom stereocenters. The molecule has 0 atom stereocenters. The van der Waals surface area contributed by atoms with Crippen LogP contribution in [0.5, 0.6) is 0 Å². The van der Waals surface area contributed by atoms with Crippen LogP contribution in [0.25, 0.3) is 0 Å². The van der Waals surface area contributed by atoms with Crippen molar-refractivity contribution in [2.75, 3.05) is 0 Å². The Bertz CT molecular complexity index is 945. The van der Waals surface area contributed by atoms with Crippen LogP contribution < -0.4 is 0 Å². The van der Waals surface area contributed by atoms with Crippen molar-refractivity contribution in [2.24, 2.45) is 17.8 Å². The molecule has 2 heterocycles. The van der Waals surface area contributed by atoms with E-state index in [-0.39, 0.29) is 23.5 Å². The summed E-state index contributed by atoms with van der Waals surface area (Å²) in [6.45, 7) is 0.999. The minimum atomic E-state index is -4.92. The van der Waals surface area contributed by atoms with Gasteiger partial charge in [-0.3, -0.25) is 14.8 Å². The predicted octanol–water partition coefficient (Wildman–Crippen LogP) is 4.02. The molecule has 156 valence electrons. The predicted molar refractivity (Wildman–Crippen MR) is 91.9 cm³/mol. The van der Waals surface area contributed by atoms with E-state index < -0.39 is 22.5 Å². The van der Waals surface area contributed by atoms with Gasteiger partial charge in [0, 0.05) is 5.41 Å². The average Bonchev–Trinajstić information content (AvgIpc) is 3.19. The van der Waals surface area contributed by atoms with Crippen molar-refractivity contribution in [2.45, 2.75) is 63.6 Å². The van der Waals surface area contributed by atoms with Crippen LogP contribution in [-0.4, -0.2) is 24.9 Å². The van der Waals surface area contributed by atoms with Gasteiger partial charge in [0.2, 0.25) is 17.5 Å². The molecule has 2 aromatic heterocycles. The number of hydrogen-bond donors (Lipinski definition) is 0. The molecule has 11 heteroatoms. The highest BCUT2D eigenvalue weighted by Crippen LogP contribution is 2.60. The number of nitrogens with zero attached hydrogens (tertiary/aromatic N) is 5. The van der Waals surface area contributed by atoms with E-state index >= 15 is 0 Å². The van der Waals surface area contributed by atoms with E-state index in [0.717, 1.165) is 23.9 Å². The maximum atomic E-state index is 13.1. The van der Waals surface area contributed by atoms with Crippen molar-refractivity contribution in [3.8, 4) is 0 Å². The van der Waals surface area contributed by atoms with Crippen LogP contribution in [0.1, 0.15) is 61.7 Å². The van der Waals surface area contributed by atoms with Crippen LogP contribution in [0.3, 0.4) is 0 Å². The van der Waals surface area contributed by atoms with Crippen molar-refractivity contribution < 1.29 is 22.5 Å². The zero-order valence-corrected chi connectivity index (χ0v) is 15.8. The van der Waals surface area contributed by atoms with Crippen molar-refractivity contribution >= 4 is 5.69 Å². The summed E-state index contributed by atoms with van der Waals surface area (Å²) in [5.74, 6) is 2.72. The number of rotatable bonds is 4. The third kappa shape index (κ3) is 2.93. The molecule has 0 aliphatic heterocycles. The fourth-order valence-corrected chi connectivity index (χ4v) is 6.13. The zero-order chi connectivity index (χ0) is 20.6. The molecule has 0 radical (unpaired) electrons. The van der Waals surface area contributed by atoms with Gasteiger partial charge in [0.15, 0.2) is 0 Å². The molecule has 0 amide bonds. The van der Waals surface area contributed by atoms with Gasteiger partial charge in [-0.1, -0.05) is 0 Å². The van der Waals surface area contributed by atoms with E-state index in [1.807, 2.05) is 0 Å². The van der Waals surface area contributed by atoms with Crippen LogP contribution in [0.15, 0.2) is 4.42 Å². The first-order chi connectivity index (χ1) is 13.6. The average molecular weight is 411 g/mol. The Labute approximate surface area is 163 Å². The Morgan fingerprint density at radius 1 is 1.17 bits per heavy atom. The topological polar surface area (TPSA) is 99.9 Å². The molecular formula is C18H20F3N5O3. The summed E-state index contributed by atoms with van der Waals surface area (Å²) in [6.07, 6.45) is 1.92. The van der Waals surface area contributed by atoms with Gasteiger partial charge >= 0.3 is 11.9 Å². The summed E-state index contributed by atoms with van der Waals surface area (Å²) in [5, 5.41) is 22.8. The standard InChI is InChI=1S/C18H20F3N5O3/c1-9-14(26(27)28)15(18(19,20)21)24-25(9)8-13-22-23-16(29-13)17-5-10-2-11(6-17)4-12(3-10)7-17/h10-12H,2-8H2,1H3. The summed E-state index contributed by atoms with van der Waals surface area (Å²) in [6, 6.07) is 0. The van der Waals surface area contributed by atoms with Gasteiger partial charge in [-0.25, -0.2) is 0 Å². The Morgan fingerprint density at radius 2 is 1.76 bits per heavy atom. The molecule has 4 bridgehead atoms. The van der Waals surface area contributed by atoms with E-state index in [9.17, 15) is 23.3 Å². The van der Waals surface area contributed by atoms with Crippen molar-refractivity contribution in [3.63, 3.8) is 0 Å². The summed E-state index contributed by atoms with van der Waals surface area (Å²) >= 11 is 0. The molecule has 6 rings (SSSR count). The normalized spacial score (nSPS) is 30.8. The first kappa shape index (κ1) is 18.6. The Kier molecular flexibility index (Phi) is 3.85. The second-order valence-electron chi connectivity index (χ2n) is 8.89. The number of aromatic nitrogens is 4. The Hall–Kier alpha value is -2.46. The third-order valence-electron chi connectivity index (χ3n) is 6.87. The molecule has 4 aliphatic carbocycles. The van der Waals surface area contributed by atoms with Gasteiger partial charge in [0.05, 0.1) is 4.92 Å². The molecule has 4 saturated carbocycles. The van der Waals surface area contributed by atoms with E-state index in [1.165, 1.54) is 26.2 Å². The van der Waals surface area contributed by atoms with Crippen molar-refractivity contribution in [3.05, 3.63) is 33.3 Å². The van der Waals surface area contributed by atoms with Gasteiger partial charge in [-0.2, -0.15) is 18.3 Å². The fourth-order valence-electron chi connectivity index (χ4n) is 6.13. The summed E-state index contributed by atoms with van der Waals surface area (Å²) < 4.78 is 46.2. The first-order valence-electron chi connectivity index (χ1n) is 9.76. The minimum absolute atomic E-state index is 0.116. The fraction of sp³-hybridized carbons (Fsp3) is 0.722. The summed E-state index contributed by atoms with van der Waals surface area (Å²) in [5.41, 5.74) is -2.88. The number of nitro groups is 1. The van der Waals surface area contributed by atoms with Gasteiger partial charge in [0.25, 0.3) is 0 Å². The number of alkyl halides is 3. The molecule has 2 aromatic rings. The molecule has 0 aromatic carbocycles. The van der Waals surface area contributed by atoms with E-state index in [1.54, 1.807) is 0 Å². The van der Waals surface area contributed by atoms with Crippen LogP contribution in [0.4, 0.5) is 18.9 Å². The maximum Gasteiger partial charge on any atom is 0.442 e. The molecule has 0 spiro atoms. The molecule has 29 heavy (non-hydrogen) atoms. The lowest BCUT2D eigenvalue weighted by Gasteiger charge is -2.55. The molecule has 4 fully saturated rings. The SMILES string of the molecule is Cc1c([N+](=O)[O-])c(C(F)(F)F)nn1Cc1nnc(C23CC4CC(CC(C4)C2)C3)o1. The monoisotopic (exact) mass is 411 g/mol. The highest BCUT2D eigenvalue weighted by Gasteiger charge is 2.54. The summed E-state index contributed by atoms with van der Waals surface area (Å²) in [4.78, 5) is 10.1. The van der Waals surface area contributed by atoms with Crippen molar-refractivity contribution in [1.82, 2.24) is 20.0 Å². The molecule has 0 saturated heterocycles. The second-order valence-corrected chi connectivity index (χ2v) is 8.89. The van der Waals surface area contributed by atoms with E-state index in [0.29, 0.717) is 23.6 Å². The van der Waals surface area contributed by atoms with Crippen LogP contribution in [0.2, 0.25) is 0 Å². The van der Waals surface area contributed by atoms with E-state index in [4.69, 9.17) is 4.42 Å². The lowest BCUT2D eigenvalue weighted by Crippen LogP contribution is -2.48. The van der Waals surface area contributed by atoms with Gasteiger partial charge < -0.3 is 4.42 Å². The lowest BCUT2D eigenvalue weighted by molar-refractivity contribution is -0.388. The van der Waals surface area contributed by atoms with Gasteiger partial charge in [0.1, 0.15) is 12.2 Å². The smallest absolute Gasteiger partial charge is 0.423 e. The Balaban J connectivity index is 1.44. The number of hydrogen-bond acceptors (Lipinski definition) is 6. The van der Waals surface area contributed by atoms with Crippen LogP contribution in [-0.2, 0) is 18.1 Å². The Morgan fingerprint density at radius 3 is 2.24 bits per heavy atom. The minimum Gasteiger partial charge on any atom is -0.423 e. The maximum absolute atomic E-state index is 13.1. The quantitative estimate of drug-likeness (QED) is 0.557. The van der Waals surface area contributed by atoms with Crippen LogP contribution in [0, 0.1) is 34.8 Å². The number of halogens is 3. The largest absolute Gasteiger partial charge is 0.442 e.